The van der Waals surface area contributed by atoms with Crippen molar-refractivity contribution in [1.82, 2.24) is 10.2 Å². The minimum Gasteiger partial charge on any atom is -0.465 e. The molecule has 1 rings (SSSR count). The fraction of sp³-hybridized carbons (Fsp3) is 0.714. The molecule has 1 aliphatic heterocycles. The van der Waals surface area contributed by atoms with Gasteiger partial charge in [-0.05, 0) is 0 Å². The van der Waals surface area contributed by atoms with E-state index >= 15 is 0 Å². The van der Waals surface area contributed by atoms with Crippen LogP contribution in [0.15, 0.2) is 0 Å². The maximum atomic E-state index is 12.4. The van der Waals surface area contributed by atoms with Crippen molar-refractivity contribution >= 4 is 12.2 Å². The quantitative estimate of drug-likeness (QED) is 0.761. The van der Waals surface area contributed by atoms with E-state index in [0.717, 1.165) is 4.90 Å². The van der Waals surface area contributed by atoms with Crippen LogP contribution in [0, 0.1) is 0 Å². The fourth-order valence-electron chi connectivity index (χ4n) is 1.19. The summed E-state index contributed by atoms with van der Waals surface area (Å²) in [4.78, 5) is 21.8. The molecule has 92 valence electrons. The van der Waals surface area contributed by atoms with Crippen LogP contribution in [-0.4, -0.2) is 54.1 Å². The number of cyclic esters (lactones) is 1. The van der Waals surface area contributed by atoms with Crippen molar-refractivity contribution in [3.8, 4) is 0 Å². The molecule has 9 heteroatoms. The van der Waals surface area contributed by atoms with E-state index in [-0.39, 0.29) is 13.2 Å². The van der Waals surface area contributed by atoms with Gasteiger partial charge in [-0.15, -0.1) is 0 Å². The molecule has 0 aromatic carbocycles. The number of nitrogens with one attached hydrogen (secondary N) is 1. The first-order valence-electron chi connectivity index (χ1n) is 4.28. The first kappa shape index (κ1) is 12.4. The maximum absolute atomic E-state index is 12.4. The minimum absolute atomic E-state index is 0.0104. The molecular formula is C7H9F3N2O4. The molecule has 1 unspecified atom stereocenters. The molecule has 0 aliphatic carbocycles. The van der Waals surface area contributed by atoms with Crippen molar-refractivity contribution in [2.75, 3.05) is 19.7 Å². The van der Waals surface area contributed by atoms with Crippen LogP contribution in [0.5, 0.6) is 0 Å². The normalized spacial score (nSPS) is 18.2. The van der Waals surface area contributed by atoms with Gasteiger partial charge in [0, 0.05) is 0 Å². The van der Waals surface area contributed by atoms with Crippen molar-refractivity contribution in [2.24, 2.45) is 0 Å². The van der Waals surface area contributed by atoms with Gasteiger partial charge in [-0.25, -0.2) is 9.59 Å². The summed E-state index contributed by atoms with van der Waals surface area (Å²) < 4.78 is 41.5. The van der Waals surface area contributed by atoms with E-state index in [1.165, 1.54) is 5.32 Å². The van der Waals surface area contributed by atoms with Crippen molar-refractivity contribution < 1.29 is 32.6 Å². The van der Waals surface area contributed by atoms with Gasteiger partial charge in [0.2, 0.25) is 0 Å². The maximum Gasteiger partial charge on any atom is 0.410 e. The van der Waals surface area contributed by atoms with Gasteiger partial charge < -0.3 is 20.1 Å². The average molecular weight is 242 g/mol. The molecule has 1 saturated heterocycles. The Morgan fingerprint density at radius 3 is 2.62 bits per heavy atom. The fourth-order valence-corrected chi connectivity index (χ4v) is 1.19. The lowest BCUT2D eigenvalue weighted by atomic mass is 10.2. The number of nitrogens with zero attached hydrogens (tertiary/aromatic N) is 1. The summed E-state index contributed by atoms with van der Waals surface area (Å²) in [5, 5.41) is 9.55. The predicted octanol–water partition coefficient (Wildman–Crippen LogP) is 0.637. The van der Waals surface area contributed by atoms with Crippen molar-refractivity contribution in [3.05, 3.63) is 0 Å². The highest BCUT2D eigenvalue weighted by molar-refractivity contribution is 5.69. The molecule has 0 bridgehead atoms. The molecule has 1 aliphatic rings. The Hall–Kier alpha value is -1.67. The molecule has 1 fully saturated rings. The molecule has 1 heterocycles. The smallest absolute Gasteiger partial charge is 0.410 e. The molecular weight excluding hydrogens is 233 g/mol. The van der Waals surface area contributed by atoms with Crippen molar-refractivity contribution in [1.29, 1.82) is 0 Å². The van der Waals surface area contributed by atoms with Crippen molar-refractivity contribution in [2.45, 2.75) is 12.2 Å². The first-order chi connectivity index (χ1) is 7.30. The number of hydrogen-bond acceptors (Lipinski definition) is 3. The zero-order chi connectivity index (χ0) is 12.3. The van der Waals surface area contributed by atoms with Gasteiger partial charge in [0.25, 0.3) is 0 Å². The molecule has 2 N–H and O–H groups in total. The average Bonchev–Trinajstić information content (AvgIpc) is 2.48. The lowest BCUT2D eigenvalue weighted by molar-refractivity contribution is -0.156. The molecule has 16 heavy (non-hydrogen) atoms. The van der Waals surface area contributed by atoms with Gasteiger partial charge in [-0.3, -0.25) is 0 Å². The molecule has 6 nitrogen and oxygen atoms in total. The Morgan fingerprint density at radius 1 is 1.62 bits per heavy atom. The zero-order valence-corrected chi connectivity index (χ0v) is 7.95. The second kappa shape index (κ2) is 4.45. The lowest BCUT2D eigenvalue weighted by Crippen LogP contribution is -2.52. The largest absolute Gasteiger partial charge is 0.465 e. The second-order valence-corrected chi connectivity index (χ2v) is 3.10. The number of ether oxygens (including phenoxy) is 1. The van der Waals surface area contributed by atoms with Crippen LogP contribution in [0.4, 0.5) is 22.8 Å². The van der Waals surface area contributed by atoms with E-state index < -0.39 is 30.9 Å². The van der Waals surface area contributed by atoms with Gasteiger partial charge in [-0.1, -0.05) is 0 Å². The van der Waals surface area contributed by atoms with Gasteiger partial charge in [0.15, 0.2) is 0 Å². The number of carboxylic acid groups (broad SMARTS) is 1. The van der Waals surface area contributed by atoms with Crippen LogP contribution in [0.3, 0.4) is 0 Å². The molecule has 0 aromatic heterocycles. The number of amides is 2. The third kappa shape index (κ3) is 3.17. The SMILES string of the molecule is O=C(O)NC(CN1CCOC1=O)C(F)(F)F. The Balaban J connectivity index is 2.63. The molecule has 0 spiro atoms. The Morgan fingerprint density at radius 2 is 2.25 bits per heavy atom. The second-order valence-electron chi connectivity index (χ2n) is 3.10. The van der Waals surface area contributed by atoms with Crippen LogP contribution >= 0.6 is 0 Å². The first-order valence-corrected chi connectivity index (χ1v) is 4.28. The topological polar surface area (TPSA) is 78.9 Å². The van der Waals surface area contributed by atoms with E-state index in [1.807, 2.05) is 0 Å². The number of rotatable bonds is 3. The summed E-state index contributed by atoms with van der Waals surface area (Å²) in [7, 11) is 0. The van der Waals surface area contributed by atoms with Crippen LogP contribution < -0.4 is 5.32 Å². The summed E-state index contributed by atoms with van der Waals surface area (Å²) in [6.45, 7) is -0.752. The highest BCUT2D eigenvalue weighted by atomic mass is 19.4. The number of carbonyl (C=O) groups is 2. The van der Waals surface area contributed by atoms with Crippen LogP contribution in [0.2, 0.25) is 0 Å². The number of alkyl halides is 3. The van der Waals surface area contributed by atoms with E-state index in [4.69, 9.17) is 5.11 Å². The molecule has 1 atom stereocenters. The molecule has 0 saturated carbocycles. The van der Waals surface area contributed by atoms with Crippen LogP contribution in [-0.2, 0) is 4.74 Å². The molecule has 2 amide bonds. The minimum atomic E-state index is -4.75. The Kier molecular flexibility index (Phi) is 3.45. The van der Waals surface area contributed by atoms with Gasteiger partial charge >= 0.3 is 18.4 Å². The highest BCUT2D eigenvalue weighted by Gasteiger charge is 2.43. The monoisotopic (exact) mass is 242 g/mol. The third-order valence-corrected chi connectivity index (χ3v) is 1.94. The van der Waals surface area contributed by atoms with E-state index in [1.54, 1.807) is 0 Å². The zero-order valence-electron chi connectivity index (χ0n) is 7.95. The van der Waals surface area contributed by atoms with Gasteiger partial charge in [0.1, 0.15) is 12.6 Å². The summed E-state index contributed by atoms with van der Waals surface area (Å²) in [6, 6.07) is -2.31. The Bertz CT molecular complexity index is 294. The molecule has 0 aromatic rings. The molecule has 0 radical (unpaired) electrons. The van der Waals surface area contributed by atoms with E-state index in [9.17, 15) is 22.8 Å². The number of halogens is 3. The summed E-state index contributed by atoms with van der Waals surface area (Å²) in [5.41, 5.74) is 0. The van der Waals surface area contributed by atoms with Crippen molar-refractivity contribution in [3.63, 3.8) is 0 Å². The predicted molar refractivity (Wildman–Crippen MR) is 43.9 cm³/mol. The number of hydrogen-bond donors (Lipinski definition) is 2. The van der Waals surface area contributed by atoms with E-state index in [0.29, 0.717) is 0 Å². The standard InChI is InChI=1S/C7H9F3N2O4/c8-7(9,10)4(11-5(13)14)3-12-1-2-16-6(12)15/h4,11H,1-3H2,(H,13,14). The van der Waals surface area contributed by atoms with Crippen LogP contribution in [0.1, 0.15) is 0 Å². The van der Waals surface area contributed by atoms with Gasteiger partial charge in [-0.2, -0.15) is 13.2 Å². The van der Waals surface area contributed by atoms with Crippen LogP contribution in [0.25, 0.3) is 0 Å². The summed E-state index contributed by atoms with van der Waals surface area (Å²) in [6.07, 6.45) is -7.42. The summed E-state index contributed by atoms with van der Waals surface area (Å²) in [5.74, 6) is 0. The lowest BCUT2D eigenvalue weighted by Gasteiger charge is -2.23. The van der Waals surface area contributed by atoms with Gasteiger partial charge in [0.05, 0.1) is 13.1 Å². The Labute approximate surface area is 88.0 Å². The highest BCUT2D eigenvalue weighted by Crippen LogP contribution is 2.21. The third-order valence-electron chi connectivity index (χ3n) is 1.94. The summed E-state index contributed by atoms with van der Waals surface area (Å²) >= 11 is 0. The van der Waals surface area contributed by atoms with E-state index in [2.05, 4.69) is 4.74 Å². The number of carbonyl (C=O) groups excluding carboxylic acids is 1.